The van der Waals surface area contributed by atoms with Crippen LogP contribution in [0.4, 0.5) is 10.5 Å². The van der Waals surface area contributed by atoms with Crippen LogP contribution < -0.4 is 19.8 Å². The Hall–Kier alpha value is -5.15. The maximum atomic E-state index is 14.8. The van der Waals surface area contributed by atoms with Gasteiger partial charge in [-0.05, 0) is 62.7 Å². The summed E-state index contributed by atoms with van der Waals surface area (Å²) in [5.41, 5.74) is 1.79. The highest BCUT2D eigenvalue weighted by atomic mass is 31.2. The van der Waals surface area contributed by atoms with Crippen molar-refractivity contribution in [3.8, 4) is 11.5 Å². The highest BCUT2D eigenvalue weighted by Gasteiger charge is 2.43. The lowest BCUT2D eigenvalue weighted by Gasteiger charge is -2.36. The zero-order valence-corrected chi connectivity index (χ0v) is 24.6. The summed E-state index contributed by atoms with van der Waals surface area (Å²) in [5.74, 6) is -1.69. The molecule has 0 radical (unpaired) electrons. The number of carbonyl (C=O) groups excluding carboxylic acids is 2. The SMILES string of the molecule is CC(C)(C)N(NC(=O)N[C@H](c1cccc([N+](=O)[O-])c1)P(=O)(Oc1ccccc1)Oc1ccccc1)C(=O)c1ccccc1. The van der Waals surface area contributed by atoms with E-state index >= 15 is 0 Å². The summed E-state index contributed by atoms with van der Waals surface area (Å²) >= 11 is 0. The molecule has 43 heavy (non-hydrogen) atoms. The molecule has 4 aromatic carbocycles. The fraction of sp³-hybridized carbons (Fsp3) is 0.161. The van der Waals surface area contributed by atoms with Gasteiger partial charge in [0.2, 0.25) is 0 Å². The molecule has 1 atom stereocenters. The molecule has 2 N–H and O–H groups in total. The van der Waals surface area contributed by atoms with E-state index in [2.05, 4.69) is 10.7 Å². The van der Waals surface area contributed by atoms with E-state index in [1.54, 1.807) is 112 Å². The summed E-state index contributed by atoms with van der Waals surface area (Å²) in [5, 5.41) is 15.4. The second-order valence-electron chi connectivity index (χ2n) is 10.4. The summed E-state index contributed by atoms with van der Waals surface area (Å²) in [6.07, 6.45) is 0. The van der Waals surface area contributed by atoms with Crippen LogP contribution in [-0.4, -0.2) is 27.4 Å². The number of nitrogens with zero attached hydrogens (tertiary/aromatic N) is 2. The number of nitro groups is 1. The largest absolute Gasteiger partial charge is 0.457 e. The average molecular weight is 603 g/mol. The first-order valence-electron chi connectivity index (χ1n) is 13.3. The number of carbonyl (C=O) groups is 2. The second-order valence-corrected chi connectivity index (χ2v) is 12.3. The van der Waals surface area contributed by atoms with Gasteiger partial charge in [0.15, 0.2) is 5.78 Å². The number of rotatable bonds is 9. The fourth-order valence-corrected chi connectivity index (χ4v) is 5.91. The van der Waals surface area contributed by atoms with E-state index < -0.39 is 35.8 Å². The molecule has 0 aromatic heterocycles. The van der Waals surface area contributed by atoms with Crippen molar-refractivity contribution < 1.29 is 28.1 Å². The Kier molecular flexibility index (Phi) is 9.47. The van der Waals surface area contributed by atoms with E-state index in [9.17, 15) is 24.3 Å². The quantitative estimate of drug-likeness (QED) is 0.118. The molecule has 0 aliphatic carbocycles. The summed E-state index contributed by atoms with van der Waals surface area (Å²) < 4.78 is 26.7. The summed E-state index contributed by atoms with van der Waals surface area (Å²) in [6, 6.07) is 29.2. The van der Waals surface area contributed by atoms with Gasteiger partial charge in [-0.15, -0.1) is 0 Å². The number of non-ortho nitro benzene ring substituents is 1. The van der Waals surface area contributed by atoms with Crippen molar-refractivity contribution in [2.75, 3.05) is 0 Å². The molecule has 4 aromatic rings. The lowest BCUT2D eigenvalue weighted by molar-refractivity contribution is -0.384. The van der Waals surface area contributed by atoms with Crippen molar-refractivity contribution in [1.29, 1.82) is 0 Å². The Bertz CT molecular complexity index is 1570. The molecule has 0 saturated carbocycles. The molecule has 0 fully saturated rings. The summed E-state index contributed by atoms with van der Waals surface area (Å²) in [4.78, 5) is 38.0. The van der Waals surface area contributed by atoms with Crippen LogP contribution in [0.5, 0.6) is 11.5 Å². The van der Waals surface area contributed by atoms with Crippen LogP contribution in [0, 0.1) is 10.1 Å². The van der Waals surface area contributed by atoms with Gasteiger partial charge in [-0.25, -0.2) is 19.8 Å². The van der Waals surface area contributed by atoms with Crippen LogP contribution in [0.1, 0.15) is 42.5 Å². The second kappa shape index (κ2) is 13.2. The number of hydrogen-bond donors (Lipinski definition) is 2. The van der Waals surface area contributed by atoms with Crippen LogP contribution in [0.25, 0.3) is 0 Å². The van der Waals surface area contributed by atoms with Gasteiger partial charge < -0.3 is 14.4 Å². The Morgan fingerprint density at radius 1 is 0.814 bits per heavy atom. The number of nitro benzene ring substituents is 1. The number of hydrogen-bond acceptors (Lipinski definition) is 7. The molecular formula is C31H31N4O7P. The number of urea groups is 1. The monoisotopic (exact) mass is 602 g/mol. The van der Waals surface area contributed by atoms with Crippen molar-refractivity contribution in [2.45, 2.75) is 32.1 Å². The molecule has 0 aliphatic rings. The number of benzene rings is 4. The molecule has 12 heteroatoms. The van der Waals surface area contributed by atoms with Crippen LogP contribution in [-0.2, 0) is 4.57 Å². The maximum Gasteiger partial charge on any atom is 0.457 e. The van der Waals surface area contributed by atoms with Crippen molar-refractivity contribution in [1.82, 2.24) is 15.8 Å². The Morgan fingerprint density at radius 2 is 1.33 bits per heavy atom. The molecule has 0 saturated heterocycles. The highest BCUT2D eigenvalue weighted by Crippen LogP contribution is 2.59. The average Bonchev–Trinajstić information content (AvgIpc) is 2.99. The van der Waals surface area contributed by atoms with Gasteiger partial charge in [-0.1, -0.05) is 66.7 Å². The first-order chi connectivity index (χ1) is 20.5. The lowest BCUT2D eigenvalue weighted by Crippen LogP contribution is -2.58. The molecule has 0 aliphatic heterocycles. The number of nitrogens with one attached hydrogen (secondary N) is 2. The fourth-order valence-electron chi connectivity index (χ4n) is 4.02. The van der Waals surface area contributed by atoms with Crippen LogP contribution >= 0.6 is 7.60 Å². The molecular weight excluding hydrogens is 571 g/mol. The molecule has 3 amide bonds. The van der Waals surface area contributed by atoms with E-state index in [-0.39, 0.29) is 22.7 Å². The van der Waals surface area contributed by atoms with Crippen molar-refractivity contribution in [2.24, 2.45) is 0 Å². The predicted octanol–water partition coefficient (Wildman–Crippen LogP) is 7.10. The van der Waals surface area contributed by atoms with Gasteiger partial charge in [0.25, 0.3) is 11.6 Å². The number of para-hydroxylation sites is 2. The van der Waals surface area contributed by atoms with Crippen molar-refractivity contribution in [3.05, 3.63) is 137 Å². The van der Waals surface area contributed by atoms with E-state index in [0.717, 1.165) is 5.01 Å². The molecule has 0 unspecified atom stereocenters. The van der Waals surface area contributed by atoms with Gasteiger partial charge in [-0.2, -0.15) is 0 Å². The van der Waals surface area contributed by atoms with Crippen LogP contribution in [0.3, 0.4) is 0 Å². The van der Waals surface area contributed by atoms with E-state index in [4.69, 9.17) is 9.05 Å². The lowest BCUT2D eigenvalue weighted by atomic mass is 10.1. The summed E-state index contributed by atoms with van der Waals surface area (Å²) in [7, 11) is -4.46. The molecule has 0 spiro atoms. The molecule has 11 nitrogen and oxygen atoms in total. The van der Waals surface area contributed by atoms with Crippen LogP contribution in [0.15, 0.2) is 115 Å². The van der Waals surface area contributed by atoms with E-state index in [0.29, 0.717) is 5.56 Å². The minimum atomic E-state index is -4.46. The molecule has 0 heterocycles. The first-order valence-corrected chi connectivity index (χ1v) is 14.9. The highest BCUT2D eigenvalue weighted by molar-refractivity contribution is 7.55. The Labute approximate surface area is 249 Å². The van der Waals surface area contributed by atoms with Crippen molar-refractivity contribution in [3.63, 3.8) is 0 Å². The first kappa shape index (κ1) is 30.8. The topological polar surface area (TPSA) is 140 Å². The van der Waals surface area contributed by atoms with Crippen molar-refractivity contribution >= 4 is 25.2 Å². The van der Waals surface area contributed by atoms with Gasteiger partial charge in [0.05, 0.1) is 10.5 Å². The third kappa shape index (κ3) is 7.99. The standard InChI is InChI=1S/C31H31N4O7P/c1-31(2,3)34(29(36)23-14-7-4-8-15-23)33-30(37)32-28(24-16-13-17-25(22-24)35(38)39)43(40,41-26-18-9-5-10-19-26)42-27-20-11-6-12-21-27/h4-22,28H,1-3H3,(H2,32,33,37)/t28-/m0/s1. The third-order valence-corrected chi connectivity index (χ3v) is 8.03. The predicted molar refractivity (Wildman–Crippen MR) is 162 cm³/mol. The van der Waals surface area contributed by atoms with Gasteiger partial charge in [-0.3, -0.25) is 14.9 Å². The zero-order valence-electron chi connectivity index (χ0n) is 23.7. The normalized spacial score (nSPS) is 12.0. The maximum absolute atomic E-state index is 14.8. The minimum Gasteiger partial charge on any atom is -0.414 e. The smallest absolute Gasteiger partial charge is 0.414 e. The van der Waals surface area contributed by atoms with E-state index in [1.807, 2.05) is 0 Å². The van der Waals surface area contributed by atoms with E-state index in [1.165, 1.54) is 24.3 Å². The molecule has 222 valence electrons. The third-order valence-electron chi connectivity index (χ3n) is 6.04. The van der Waals surface area contributed by atoms with Gasteiger partial charge >= 0.3 is 13.6 Å². The summed E-state index contributed by atoms with van der Waals surface area (Å²) in [6.45, 7) is 5.19. The molecule has 0 bridgehead atoms. The van der Waals surface area contributed by atoms with Crippen LogP contribution in [0.2, 0.25) is 0 Å². The Balaban J connectivity index is 1.76. The Morgan fingerprint density at radius 3 is 1.81 bits per heavy atom. The number of amides is 3. The molecule has 4 rings (SSSR count). The zero-order chi connectivity index (χ0) is 31.0. The van der Waals surface area contributed by atoms with Gasteiger partial charge in [0, 0.05) is 17.7 Å². The van der Waals surface area contributed by atoms with Gasteiger partial charge in [0.1, 0.15) is 11.5 Å². The minimum absolute atomic E-state index is 0.0799. The number of hydrazine groups is 1.